The molecular weight excluding hydrogens is 390 g/mol. The fraction of sp³-hybridized carbons (Fsp3) is 0.333. The first-order chi connectivity index (χ1) is 14.0. The summed E-state index contributed by atoms with van der Waals surface area (Å²) in [6, 6.07) is 16.3. The van der Waals surface area contributed by atoms with Crippen LogP contribution in [0.25, 0.3) is 0 Å². The molecule has 2 aliphatic rings. The number of amides is 1. The lowest BCUT2D eigenvalue weighted by molar-refractivity contribution is -0.119. The molecule has 2 fully saturated rings. The molecule has 2 aliphatic heterocycles. The molecule has 4 rings (SSSR count). The van der Waals surface area contributed by atoms with E-state index in [0.717, 1.165) is 23.1 Å². The van der Waals surface area contributed by atoms with E-state index in [2.05, 4.69) is 9.89 Å². The Kier molecular flexibility index (Phi) is 5.38. The maximum atomic E-state index is 13.0. The van der Waals surface area contributed by atoms with Crippen LogP contribution < -0.4 is 4.90 Å². The summed E-state index contributed by atoms with van der Waals surface area (Å²) in [5.41, 5.74) is 2.19. The van der Waals surface area contributed by atoms with Crippen LogP contribution in [0.3, 0.4) is 0 Å². The monoisotopic (exact) mass is 413 g/mol. The van der Waals surface area contributed by atoms with Crippen LogP contribution in [0.1, 0.15) is 17.7 Å². The number of morpholine rings is 1. The zero-order valence-corrected chi connectivity index (χ0v) is 17.0. The van der Waals surface area contributed by atoms with Crippen molar-refractivity contribution in [3.8, 4) is 0 Å². The predicted molar refractivity (Wildman–Crippen MR) is 112 cm³/mol. The SMILES string of the molecule is CCN1C(=O)C(=Nc2ccc(N3CCOCC3)cc2)C(c2ccccc2)S1(=O)=O. The number of anilines is 1. The van der Waals surface area contributed by atoms with Gasteiger partial charge in [-0.2, -0.15) is 0 Å². The van der Waals surface area contributed by atoms with Gasteiger partial charge in [-0.15, -0.1) is 0 Å². The van der Waals surface area contributed by atoms with Crippen molar-refractivity contribution in [3.63, 3.8) is 0 Å². The molecule has 0 spiro atoms. The van der Waals surface area contributed by atoms with E-state index >= 15 is 0 Å². The smallest absolute Gasteiger partial charge is 0.283 e. The van der Waals surface area contributed by atoms with Gasteiger partial charge in [0.15, 0.2) is 5.25 Å². The Morgan fingerprint density at radius 1 is 1.03 bits per heavy atom. The second-order valence-electron chi connectivity index (χ2n) is 6.92. The molecule has 0 saturated carbocycles. The molecule has 2 aromatic carbocycles. The molecule has 1 atom stereocenters. The van der Waals surface area contributed by atoms with Crippen molar-refractivity contribution < 1.29 is 17.9 Å². The minimum absolute atomic E-state index is 0.0390. The first kappa shape index (κ1) is 19.6. The van der Waals surface area contributed by atoms with Gasteiger partial charge in [-0.1, -0.05) is 30.3 Å². The largest absolute Gasteiger partial charge is 0.378 e. The van der Waals surface area contributed by atoms with Crippen molar-refractivity contribution >= 4 is 33.0 Å². The van der Waals surface area contributed by atoms with Gasteiger partial charge in [-0.3, -0.25) is 4.79 Å². The molecular formula is C21H23N3O4S. The number of sulfonamides is 1. The maximum absolute atomic E-state index is 13.0. The van der Waals surface area contributed by atoms with Crippen LogP contribution in [0.5, 0.6) is 0 Å². The molecule has 29 heavy (non-hydrogen) atoms. The number of ether oxygens (including phenoxy) is 1. The summed E-state index contributed by atoms with van der Waals surface area (Å²) in [6.07, 6.45) is 0. The van der Waals surface area contributed by atoms with E-state index in [-0.39, 0.29) is 12.3 Å². The van der Waals surface area contributed by atoms with E-state index in [4.69, 9.17) is 4.74 Å². The van der Waals surface area contributed by atoms with Gasteiger partial charge >= 0.3 is 0 Å². The Morgan fingerprint density at radius 3 is 2.31 bits per heavy atom. The van der Waals surface area contributed by atoms with Gasteiger partial charge in [0.1, 0.15) is 5.71 Å². The topological polar surface area (TPSA) is 79.3 Å². The summed E-state index contributed by atoms with van der Waals surface area (Å²) in [6.45, 7) is 4.78. The summed E-state index contributed by atoms with van der Waals surface area (Å²) in [5.74, 6) is -0.557. The Bertz CT molecular complexity index is 1010. The normalized spacial score (nSPS) is 23.0. The van der Waals surface area contributed by atoms with Crippen molar-refractivity contribution in [2.75, 3.05) is 37.7 Å². The minimum Gasteiger partial charge on any atom is -0.378 e. The molecule has 152 valence electrons. The van der Waals surface area contributed by atoms with E-state index in [1.54, 1.807) is 31.2 Å². The molecule has 0 radical (unpaired) electrons. The standard InChI is InChI=1S/C21H23N3O4S/c1-2-24-21(25)19(20(29(24,26)27)16-6-4-3-5-7-16)22-17-8-10-18(11-9-17)23-12-14-28-15-13-23/h3-11,20H,2,12-15H2,1H3. The second-order valence-corrected chi connectivity index (χ2v) is 8.86. The average Bonchev–Trinajstić information content (AvgIpc) is 2.94. The molecule has 7 nitrogen and oxygen atoms in total. The number of carbonyl (C=O) groups excluding carboxylic acids is 1. The molecule has 0 N–H and O–H groups in total. The zero-order valence-electron chi connectivity index (χ0n) is 16.2. The van der Waals surface area contributed by atoms with Crippen LogP contribution in [0, 0.1) is 0 Å². The van der Waals surface area contributed by atoms with Crippen LogP contribution in [-0.2, 0) is 19.6 Å². The van der Waals surface area contributed by atoms with Crippen molar-refractivity contribution in [2.24, 2.45) is 4.99 Å². The van der Waals surface area contributed by atoms with E-state index in [1.165, 1.54) is 0 Å². The number of aliphatic imine (C=N–C) groups is 1. The number of rotatable bonds is 4. The lowest BCUT2D eigenvalue weighted by Gasteiger charge is -2.28. The quantitative estimate of drug-likeness (QED) is 0.770. The molecule has 2 saturated heterocycles. The number of nitrogens with zero attached hydrogens (tertiary/aromatic N) is 3. The van der Waals surface area contributed by atoms with Crippen molar-refractivity contribution in [1.82, 2.24) is 4.31 Å². The molecule has 2 aromatic rings. The number of hydrogen-bond donors (Lipinski definition) is 0. The van der Waals surface area contributed by atoms with Gasteiger partial charge in [0.25, 0.3) is 15.9 Å². The molecule has 1 unspecified atom stereocenters. The van der Waals surface area contributed by atoms with Crippen LogP contribution in [0.4, 0.5) is 11.4 Å². The van der Waals surface area contributed by atoms with E-state index in [1.807, 2.05) is 30.3 Å². The summed E-state index contributed by atoms with van der Waals surface area (Å²) < 4.78 is 32.3. The predicted octanol–water partition coefficient (Wildman–Crippen LogP) is 2.53. The number of carbonyl (C=O) groups is 1. The Hall–Kier alpha value is -2.71. The summed E-state index contributed by atoms with van der Waals surface area (Å²) in [4.78, 5) is 19.5. The van der Waals surface area contributed by atoms with Crippen molar-refractivity contribution in [2.45, 2.75) is 12.2 Å². The fourth-order valence-electron chi connectivity index (χ4n) is 3.71. The van der Waals surface area contributed by atoms with E-state index < -0.39 is 21.2 Å². The Balaban J connectivity index is 1.71. The maximum Gasteiger partial charge on any atom is 0.283 e. The van der Waals surface area contributed by atoms with Gasteiger partial charge in [-0.05, 0) is 36.8 Å². The first-order valence-electron chi connectivity index (χ1n) is 9.64. The molecule has 0 aromatic heterocycles. The number of benzene rings is 2. The van der Waals surface area contributed by atoms with Gasteiger partial charge in [0.2, 0.25) is 0 Å². The molecule has 2 heterocycles. The van der Waals surface area contributed by atoms with Crippen molar-refractivity contribution in [3.05, 3.63) is 60.2 Å². The zero-order chi connectivity index (χ0) is 20.4. The third-order valence-electron chi connectivity index (χ3n) is 5.16. The highest BCUT2D eigenvalue weighted by atomic mass is 32.2. The third-order valence-corrected chi connectivity index (χ3v) is 7.29. The highest BCUT2D eigenvalue weighted by Gasteiger charge is 2.50. The van der Waals surface area contributed by atoms with Gasteiger partial charge in [0.05, 0.1) is 18.9 Å². The average molecular weight is 413 g/mol. The van der Waals surface area contributed by atoms with Gasteiger partial charge < -0.3 is 9.64 Å². The Labute approximate surface area is 170 Å². The van der Waals surface area contributed by atoms with E-state index in [9.17, 15) is 13.2 Å². The molecule has 1 amide bonds. The van der Waals surface area contributed by atoms with Crippen LogP contribution in [0.2, 0.25) is 0 Å². The molecule has 0 aliphatic carbocycles. The number of hydrogen-bond acceptors (Lipinski definition) is 6. The van der Waals surface area contributed by atoms with Crippen LogP contribution >= 0.6 is 0 Å². The van der Waals surface area contributed by atoms with Crippen LogP contribution in [0.15, 0.2) is 59.6 Å². The second kappa shape index (κ2) is 7.96. The highest BCUT2D eigenvalue weighted by molar-refractivity contribution is 7.91. The molecule has 8 heteroatoms. The summed E-state index contributed by atoms with van der Waals surface area (Å²) in [7, 11) is -3.84. The molecule has 0 bridgehead atoms. The summed E-state index contributed by atoms with van der Waals surface area (Å²) >= 11 is 0. The highest BCUT2D eigenvalue weighted by Crippen LogP contribution is 2.36. The van der Waals surface area contributed by atoms with Gasteiger partial charge in [-0.25, -0.2) is 17.7 Å². The third kappa shape index (κ3) is 3.65. The fourth-order valence-corrected chi connectivity index (χ4v) is 5.59. The van der Waals surface area contributed by atoms with Gasteiger partial charge in [0, 0.05) is 25.3 Å². The van der Waals surface area contributed by atoms with Crippen molar-refractivity contribution in [1.29, 1.82) is 0 Å². The minimum atomic E-state index is -3.84. The summed E-state index contributed by atoms with van der Waals surface area (Å²) in [5, 5.41) is -1.09. The lowest BCUT2D eigenvalue weighted by atomic mass is 10.1. The first-order valence-corrected chi connectivity index (χ1v) is 11.1. The lowest BCUT2D eigenvalue weighted by Crippen LogP contribution is -2.36. The Morgan fingerprint density at radius 2 is 1.69 bits per heavy atom. The van der Waals surface area contributed by atoms with Crippen LogP contribution in [-0.4, -0.2) is 57.2 Å². The van der Waals surface area contributed by atoms with E-state index in [0.29, 0.717) is 24.5 Å².